The Bertz CT molecular complexity index is 537. The molecule has 0 bridgehead atoms. The van der Waals surface area contributed by atoms with E-state index in [2.05, 4.69) is 48.0 Å². The molecular weight excluding hydrogens is 250 g/mol. The van der Waals surface area contributed by atoms with E-state index in [1.165, 1.54) is 40.8 Å². The quantitative estimate of drug-likeness (QED) is 0.854. The second-order valence-electron chi connectivity index (χ2n) is 5.48. The first-order valence-corrected chi connectivity index (χ1v) is 7.98. The summed E-state index contributed by atoms with van der Waals surface area (Å²) in [4.78, 5) is 1.43. The van der Waals surface area contributed by atoms with Crippen LogP contribution in [0.2, 0.25) is 0 Å². The molecule has 0 saturated heterocycles. The normalized spacial score (nSPS) is 17.2. The van der Waals surface area contributed by atoms with Gasteiger partial charge in [0.25, 0.3) is 0 Å². The highest BCUT2D eigenvalue weighted by atomic mass is 32.1. The van der Waals surface area contributed by atoms with Crippen LogP contribution in [-0.2, 0) is 0 Å². The minimum Gasteiger partial charge on any atom is -0.309 e. The van der Waals surface area contributed by atoms with Crippen LogP contribution in [0, 0.1) is 6.92 Å². The summed E-state index contributed by atoms with van der Waals surface area (Å²) in [6.07, 6.45) is 4.15. The van der Waals surface area contributed by atoms with E-state index in [1.54, 1.807) is 0 Å². The third kappa shape index (κ3) is 2.47. The van der Waals surface area contributed by atoms with Gasteiger partial charge in [-0.1, -0.05) is 30.7 Å². The van der Waals surface area contributed by atoms with Gasteiger partial charge in [-0.2, -0.15) is 0 Å². The minimum absolute atomic E-state index is 0.329. The zero-order valence-electron chi connectivity index (χ0n) is 11.6. The molecule has 1 aliphatic rings. The van der Waals surface area contributed by atoms with Gasteiger partial charge in [0.1, 0.15) is 0 Å². The summed E-state index contributed by atoms with van der Waals surface area (Å²) in [6.45, 7) is 2.19. The molecule has 1 heterocycles. The van der Waals surface area contributed by atoms with Crippen LogP contribution in [-0.4, -0.2) is 7.05 Å². The average Bonchev–Trinajstić information content (AvgIpc) is 2.77. The third-order valence-electron chi connectivity index (χ3n) is 4.30. The van der Waals surface area contributed by atoms with Crippen molar-refractivity contribution in [1.29, 1.82) is 0 Å². The van der Waals surface area contributed by atoms with Gasteiger partial charge in [0.05, 0.1) is 6.04 Å². The van der Waals surface area contributed by atoms with Gasteiger partial charge in [0.15, 0.2) is 0 Å². The van der Waals surface area contributed by atoms with Crippen LogP contribution in [0.3, 0.4) is 0 Å². The molecule has 0 spiro atoms. The summed E-state index contributed by atoms with van der Waals surface area (Å²) in [5.74, 6) is 0.825. The first-order chi connectivity index (χ1) is 9.29. The van der Waals surface area contributed by atoms with Crippen molar-refractivity contribution in [3.63, 3.8) is 0 Å². The van der Waals surface area contributed by atoms with Crippen LogP contribution in [0.5, 0.6) is 0 Å². The van der Waals surface area contributed by atoms with E-state index in [4.69, 9.17) is 0 Å². The number of aryl methyl sites for hydroxylation is 1. The van der Waals surface area contributed by atoms with Crippen molar-refractivity contribution in [3.8, 4) is 0 Å². The summed E-state index contributed by atoms with van der Waals surface area (Å²) in [7, 11) is 2.05. The first-order valence-electron chi connectivity index (χ1n) is 7.10. The van der Waals surface area contributed by atoms with Crippen LogP contribution < -0.4 is 5.32 Å². The van der Waals surface area contributed by atoms with Crippen LogP contribution in [0.4, 0.5) is 0 Å². The summed E-state index contributed by atoms with van der Waals surface area (Å²) in [6, 6.07) is 11.8. The van der Waals surface area contributed by atoms with Crippen LogP contribution >= 0.6 is 11.3 Å². The topological polar surface area (TPSA) is 12.0 Å². The lowest BCUT2D eigenvalue weighted by Gasteiger charge is -2.26. The van der Waals surface area contributed by atoms with Gasteiger partial charge in [-0.3, -0.25) is 0 Å². The Morgan fingerprint density at radius 3 is 2.37 bits per heavy atom. The van der Waals surface area contributed by atoms with Crippen molar-refractivity contribution in [1.82, 2.24) is 5.32 Å². The number of nitrogens with one attached hydrogen (secondary N) is 1. The van der Waals surface area contributed by atoms with Crippen LogP contribution in [0.1, 0.15) is 52.8 Å². The fourth-order valence-electron chi connectivity index (χ4n) is 2.83. The molecule has 1 aromatic heterocycles. The molecule has 1 N–H and O–H groups in total. The van der Waals surface area contributed by atoms with Crippen molar-refractivity contribution in [2.45, 2.75) is 38.1 Å². The van der Waals surface area contributed by atoms with E-state index in [0.717, 1.165) is 5.92 Å². The average molecular weight is 271 g/mol. The van der Waals surface area contributed by atoms with Crippen molar-refractivity contribution < 1.29 is 0 Å². The van der Waals surface area contributed by atoms with Crippen LogP contribution in [0.25, 0.3) is 0 Å². The summed E-state index contributed by atoms with van der Waals surface area (Å²) in [5.41, 5.74) is 4.27. The molecule has 1 aromatic carbocycles. The van der Waals surface area contributed by atoms with Gasteiger partial charge in [-0.05, 0) is 60.9 Å². The lowest BCUT2D eigenvalue weighted by atomic mass is 9.80. The number of hydrogen-bond donors (Lipinski definition) is 1. The van der Waals surface area contributed by atoms with E-state index in [1.807, 2.05) is 18.4 Å². The molecule has 0 radical (unpaired) electrons. The maximum absolute atomic E-state index is 3.45. The second-order valence-corrected chi connectivity index (χ2v) is 6.43. The van der Waals surface area contributed by atoms with Crippen molar-refractivity contribution in [2.75, 3.05) is 7.05 Å². The zero-order valence-corrected chi connectivity index (χ0v) is 12.5. The Hall–Kier alpha value is -1.12. The Morgan fingerprint density at radius 2 is 1.89 bits per heavy atom. The number of rotatable bonds is 4. The molecule has 19 heavy (non-hydrogen) atoms. The summed E-state index contributed by atoms with van der Waals surface area (Å²) in [5, 5.41) is 5.63. The molecular formula is C17H21NS. The monoisotopic (exact) mass is 271 g/mol. The summed E-state index contributed by atoms with van der Waals surface area (Å²) < 4.78 is 0. The minimum atomic E-state index is 0.329. The highest BCUT2D eigenvalue weighted by Crippen LogP contribution is 2.37. The molecule has 1 fully saturated rings. The maximum Gasteiger partial charge on any atom is 0.0671 e. The molecule has 1 nitrogen and oxygen atoms in total. The van der Waals surface area contributed by atoms with Gasteiger partial charge >= 0.3 is 0 Å². The third-order valence-corrected chi connectivity index (χ3v) is 5.38. The molecule has 1 aliphatic carbocycles. The van der Waals surface area contributed by atoms with Crippen LogP contribution in [0.15, 0.2) is 35.7 Å². The lowest BCUT2D eigenvalue weighted by molar-refractivity contribution is 0.419. The largest absolute Gasteiger partial charge is 0.309 e. The predicted octanol–water partition coefficient (Wildman–Crippen LogP) is 4.63. The smallest absolute Gasteiger partial charge is 0.0671 e. The number of benzene rings is 1. The van der Waals surface area contributed by atoms with Gasteiger partial charge in [0, 0.05) is 4.88 Å². The molecule has 1 atom stereocenters. The zero-order chi connectivity index (χ0) is 13.2. The van der Waals surface area contributed by atoms with Crippen molar-refractivity contribution in [2.24, 2.45) is 0 Å². The van der Waals surface area contributed by atoms with E-state index in [9.17, 15) is 0 Å². The summed E-state index contributed by atoms with van der Waals surface area (Å²) >= 11 is 1.84. The van der Waals surface area contributed by atoms with E-state index >= 15 is 0 Å². The molecule has 1 unspecified atom stereocenters. The van der Waals surface area contributed by atoms with Crippen molar-refractivity contribution >= 4 is 11.3 Å². The fourth-order valence-corrected chi connectivity index (χ4v) is 3.89. The standard InChI is InChI=1S/C17H21NS/c1-12-10-11-19-17(12)16(18-2)15-8-6-14(7-9-15)13-4-3-5-13/h6-11,13,16,18H,3-5H2,1-2H3. The highest BCUT2D eigenvalue weighted by molar-refractivity contribution is 7.10. The molecule has 2 heteroatoms. The Kier molecular flexibility index (Phi) is 3.72. The van der Waals surface area contributed by atoms with E-state index in [-0.39, 0.29) is 0 Å². The van der Waals surface area contributed by atoms with Crippen molar-refractivity contribution in [3.05, 3.63) is 57.3 Å². The lowest BCUT2D eigenvalue weighted by Crippen LogP contribution is -2.17. The Morgan fingerprint density at radius 1 is 1.16 bits per heavy atom. The van der Waals surface area contributed by atoms with Gasteiger partial charge in [-0.15, -0.1) is 11.3 Å². The molecule has 100 valence electrons. The number of thiophene rings is 1. The SMILES string of the molecule is CNC(c1ccc(C2CCC2)cc1)c1sccc1C. The molecule has 2 aromatic rings. The fraction of sp³-hybridized carbons (Fsp3) is 0.412. The predicted molar refractivity (Wildman–Crippen MR) is 83.0 cm³/mol. The van der Waals surface area contributed by atoms with Gasteiger partial charge < -0.3 is 5.32 Å². The maximum atomic E-state index is 3.45. The first kappa shape index (κ1) is 12.9. The molecule has 3 rings (SSSR count). The van der Waals surface area contributed by atoms with Gasteiger partial charge in [-0.25, -0.2) is 0 Å². The number of hydrogen-bond acceptors (Lipinski definition) is 2. The second kappa shape index (κ2) is 5.48. The molecule has 0 amide bonds. The van der Waals surface area contributed by atoms with Gasteiger partial charge in [0.2, 0.25) is 0 Å². The molecule has 0 aliphatic heterocycles. The van der Waals surface area contributed by atoms with E-state index < -0.39 is 0 Å². The Labute approximate surface area is 119 Å². The molecule has 1 saturated carbocycles. The highest BCUT2D eigenvalue weighted by Gasteiger charge is 2.20. The van der Waals surface area contributed by atoms with E-state index in [0.29, 0.717) is 6.04 Å². The Balaban J connectivity index is 1.85.